The first-order chi connectivity index (χ1) is 12.1. The van der Waals surface area contributed by atoms with Gasteiger partial charge in [-0.2, -0.15) is 0 Å². The lowest BCUT2D eigenvalue weighted by atomic mass is 9.97. The van der Waals surface area contributed by atoms with Crippen LogP contribution in [0.4, 0.5) is 16.2 Å². The maximum absolute atomic E-state index is 12.5. The first-order valence-corrected chi connectivity index (χ1v) is 8.60. The topological polar surface area (TPSA) is 61.4 Å². The Balaban J connectivity index is 1.57. The van der Waals surface area contributed by atoms with E-state index in [0.29, 0.717) is 13.1 Å². The van der Waals surface area contributed by atoms with Gasteiger partial charge in [0.25, 0.3) is 0 Å². The van der Waals surface area contributed by atoms with E-state index in [2.05, 4.69) is 10.6 Å². The summed E-state index contributed by atoms with van der Waals surface area (Å²) in [4.78, 5) is 26.6. The number of rotatable bonds is 3. The molecule has 130 valence electrons. The summed E-state index contributed by atoms with van der Waals surface area (Å²) >= 11 is 0. The van der Waals surface area contributed by atoms with Crippen LogP contribution in [0.5, 0.6) is 0 Å². The number of nitrogens with zero attached hydrogens (tertiary/aromatic N) is 1. The molecule has 0 aliphatic carbocycles. The first-order valence-electron chi connectivity index (χ1n) is 8.60. The Labute approximate surface area is 148 Å². The van der Waals surface area contributed by atoms with E-state index in [9.17, 15) is 9.59 Å². The first kappa shape index (κ1) is 17.0. The Bertz CT molecular complexity index is 728. The lowest BCUT2D eigenvalue weighted by Gasteiger charge is -2.32. The zero-order valence-electron chi connectivity index (χ0n) is 14.4. The molecule has 0 spiro atoms. The van der Waals surface area contributed by atoms with Gasteiger partial charge in [-0.25, -0.2) is 4.79 Å². The van der Waals surface area contributed by atoms with E-state index in [1.165, 1.54) is 0 Å². The highest BCUT2D eigenvalue weighted by Crippen LogP contribution is 2.20. The van der Waals surface area contributed by atoms with Gasteiger partial charge in [-0.15, -0.1) is 0 Å². The number of likely N-dealkylation sites (tertiary alicyclic amines) is 1. The fourth-order valence-electron chi connectivity index (χ4n) is 2.98. The zero-order valence-corrected chi connectivity index (χ0v) is 14.4. The number of piperidine rings is 1. The summed E-state index contributed by atoms with van der Waals surface area (Å²) in [7, 11) is 0. The summed E-state index contributed by atoms with van der Waals surface area (Å²) in [6.07, 6.45) is 1.63. The molecule has 2 aromatic rings. The molecule has 0 saturated carbocycles. The lowest BCUT2D eigenvalue weighted by Crippen LogP contribution is -2.45. The van der Waals surface area contributed by atoms with Crippen molar-refractivity contribution in [3.05, 3.63) is 60.2 Å². The van der Waals surface area contributed by atoms with E-state index in [-0.39, 0.29) is 17.9 Å². The summed E-state index contributed by atoms with van der Waals surface area (Å²) in [5.74, 6) is -0.211. The minimum absolute atomic E-state index is 0.0287. The third-order valence-corrected chi connectivity index (χ3v) is 4.42. The molecule has 3 rings (SSSR count). The van der Waals surface area contributed by atoms with Crippen molar-refractivity contribution in [3.8, 4) is 0 Å². The van der Waals surface area contributed by atoms with Crippen molar-refractivity contribution in [2.75, 3.05) is 23.7 Å². The summed E-state index contributed by atoms with van der Waals surface area (Å²) in [5.41, 5.74) is 2.70. The van der Waals surface area contributed by atoms with Crippen LogP contribution in [0.15, 0.2) is 54.6 Å². The highest BCUT2D eigenvalue weighted by atomic mass is 16.2. The molecule has 25 heavy (non-hydrogen) atoms. The Kier molecular flexibility index (Phi) is 5.33. The third-order valence-electron chi connectivity index (χ3n) is 4.42. The van der Waals surface area contributed by atoms with Crippen LogP contribution in [0.3, 0.4) is 0 Å². The van der Waals surface area contributed by atoms with Gasteiger partial charge in [-0.05, 0) is 44.0 Å². The monoisotopic (exact) mass is 337 g/mol. The van der Waals surface area contributed by atoms with Crippen molar-refractivity contribution < 1.29 is 9.59 Å². The normalized spacial score (nSPS) is 17.0. The fourth-order valence-corrected chi connectivity index (χ4v) is 2.98. The van der Waals surface area contributed by atoms with E-state index in [1.807, 2.05) is 61.5 Å². The smallest absolute Gasteiger partial charge is 0.321 e. The number of urea groups is 1. The number of hydrogen-bond acceptors (Lipinski definition) is 2. The van der Waals surface area contributed by atoms with Gasteiger partial charge in [0.1, 0.15) is 0 Å². The molecule has 0 aromatic heterocycles. The molecule has 5 heteroatoms. The van der Waals surface area contributed by atoms with Crippen LogP contribution in [0.2, 0.25) is 0 Å². The fraction of sp³-hybridized carbons (Fsp3) is 0.300. The van der Waals surface area contributed by atoms with Gasteiger partial charge in [0, 0.05) is 24.5 Å². The molecule has 1 atom stereocenters. The van der Waals surface area contributed by atoms with Crippen molar-refractivity contribution in [1.82, 2.24) is 4.90 Å². The van der Waals surface area contributed by atoms with Crippen LogP contribution >= 0.6 is 0 Å². The van der Waals surface area contributed by atoms with Crippen LogP contribution in [-0.4, -0.2) is 29.9 Å². The summed E-state index contributed by atoms with van der Waals surface area (Å²) in [6, 6.07) is 17.0. The Morgan fingerprint density at radius 3 is 2.36 bits per heavy atom. The average Bonchev–Trinajstić information content (AvgIpc) is 2.64. The third kappa shape index (κ3) is 4.59. The largest absolute Gasteiger partial charge is 0.326 e. The number of para-hydroxylation sites is 1. The molecule has 5 nitrogen and oxygen atoms in total. The highest BCUT2D eigenvalue weighted by molar-refractivity contribution is 5.94. The second kappa shape index (κ2) is 7.83. The van der Waals surface area contributed by atoms with Gasteiger partial charge in [0.15, 0.2) is 0 Å². The number of amides is 3. The molecule has 1 fully saturated rings. The molecule has 1 heterocycles. The van der Waals surface area contributed by atoms with E-state index >= 15 is 0 Å². The molecule has 0 unspecified atom stereocenters. The SMILES string of the molecule is Cc1ccc(NC(=O)N2CCC[C@H](C(=O)Nc3ccccc3)C2)cc1. The van der Waals surface area contributed by atoms with E-state index in [1.54, 1.807) is 4.90 Å². The van der Waals surface area contributed by atoms with E-state index in [4.69, 9.17) is 0 Å². The molecule has 1 aliphatic heterocycles. The average molecular weight is 337 g/mol. The van der Waals surface area contributed by atoms with Crippen molar-refractivity contribution in [3.63, 3.8) is 0 Å². The van der Waals surface area contributed by atoms with Gasteiger partial charge < -0.3 is 15.5 Å². The number of anilines is 2. The van der Waals surface area contributed by atoms with Crippen LogP contribution in [0.1, 0.15) is 18.4 Å². The Morgan fingerprint density at radius 1 is 0.960 bits per heavy atom. The molecule has 0 bridgehead atoms. The van der Waals surface area contributed by atoms with Gasteiger partial charge in [0.2, 0.25) is 5.91 Å². The second-order valence-corrected chi connectivity index (χ2v) is 6.44. The molecule has 3 amide bonds. The van der Waals surface area contributed by atoms with Gasteiger partial charge >= 0.3 is 6.03 Å². The number of carbonyl (C=O) groups excluding carboxylic acids is 2. The summed E-state index contributed by atoms with van der Waals surface area (Å²) < 4.78 is 0. The zero-order chi connectivity index (χ0) is 17.6. The van der Waals surface area contributed by atoms with Gasteiger partial charge in [-0.3, -0.25) is 4.79 Å². The van der Waals surface area contributed by atoms with Crippen molar-refractivity contribution in [1.29, 1.82) is 0 Å². The minimum atomic E-state index is -0.183. The van der Waals surface area contributed by atoms with Crippen molar-refractivity contribution in [2.45, 2.75) is 19.8 Å². The highest BCUT2D eigenvalue weighted by Gasteiger charge is 2.28. The number of benzene rings is 2. The standard InChI is InChI=1S/C20H23N3O2/c1-15-9-11-18(12-10-15)22-20(25)23-13-5-6-16(14-23)19(24)21-17-7-3-2-4-8-17/h2-4,7-12,16H,5-6,13-14H2,1H3,(H,21,24)(H,22,25)/t16-/m0/s1. The van der Waals surface area contributed by atoms with E-state index < -0.39 is 0 Å². The maximum Gasteiger partial charge on any atom is 0.321 e. The number of hydrogen-bond donors (Lipinski definition) is 2. The van der Waals surface area contributed by atoms with Crippen molar-refractivity contribution in [2.24, 2.45) is 5.92 Å². The van der Waals surface area contributed by atoms with Crippen LogP contribution < -0.4 is 10.6 Å². The number of aryl methyl sites for hydroxylation is 1. The van der Waals surface area contributed by atoms with Crippen LogP contribution in [-0.2, 0) is 4.79 Å². The number of nitrogens with one attached hydrogen (secondary N) is 2. The minimum Gasteiger partial charge on any atom is -0.326 e. The summed E-state index contributed by atoms with van der Waals surface area (Å²) in [6.45, 7) is 3.12. The Morgan fingerprint density at radius 2 is 1.64 bits per heavy atom. The predicted molar refractivity (Wildman–Crippen MR) is 99.6 cm³/mol. The van der Waals surface area contributed by atoms with Crippen molar-refractivity contribution >= 4 is 23.3 Å². The lowest BCUT2D eigenvalue weighted by molar-refractivity contribution is -0.121. The van der Waals surface area contributed by atoms with E-state index in [0.717, 1.165) is 29.8 Å². The molecule has 1 saturated heterocycles. The molecule has 1 aliphatic rings. The van der Waals surface area contributed by atoms with Crippen LogP contribution in [0.25, 0.3) is 0 Å². The molecule has 0 radical (unpaired) electrons. The molecule has 2 N–H and O–H groups in total. The second-order valence-electron chi connectivity index (χ2n) is 6.44. The molecular weight excluding hydrogens is 314 g/mol. The van der Waals surface area contributed by atoms with Crippen LogP contribution in [0, 0.1) is 12.8 Å². The predicted octanol–water partition coefficient (Wildman–Crippen LogP) is 3.88. The number of carbonyl (C=O) groups is 2. The molecular formula is C20H23N3O2. The maximum atomic E-state index is 12.5. The Hall–Kier alpha value is -2.82. The molecule has 2 aromatic carbocycles. The van der Waals surface area contributed by atoms with Gasteiger partial charge in [0.05, 0.1) is 5.92 Å². The van der Waals surface area contributed by atoms with Gasteiger partial charge in [-0.1, -0.05) is 35.9 Å². The summed E-state index contributed by atoms with van der Waals surface area (Å²) in [5, 5.41) is 5.83. The quantitative estimate of drug-likeness (QED) is 0.893.